The molecule has 10 nitrogen and oxygen atoms in total. The number of aryl methyl sites for hydroxylation is 1. The van der Waals surface area contributed by atoms with E-state index in [9.17, 15) is 14.4 Å². The third-order valence-electron chi connectivity index (χ3n) is 5.73. The molecule has 0 radical (unpaired) electrons. The number of ether oxygens (including phenoxy) is 1. The molecule has 33 heavy (non-hydrogen) atoms. The summed E-state index contributed by atoms with van der Waals surface area (Å²) in [4.78, 5) is 45.7. The minimum absolute atomic E-state index is 0.126. The monoisotopic (exact) mass is 454 g/mol. The summed E-state index contributed by atoms with van der Waals surface area (Å²) >= 11 is 0. The number of fused-ring (bicyclic) bond motifs is 1. The summed E-state index contributed by atoms with van der Waals surface area (Å²) in [5.74, 6) is -0.727. The number of nitrogens with zero attached hydrogens (tertiary/aromatic N) is 4. The van der Waals surface area contributed by atoms with Gasteiger partial charge in [0.05, 0.1) is 42.0 Å². The van der Waals surface area contributed by atoms with Crippen LogP contribution in [0.5, 0.6) is 0 Å². The molecule has 0 aromatic carbocycles. The molecule has 4 heterocycles. The fraction of sp³-hybridized carbons (Fsp3) is 0.435. The zero-order valence-electron chi connectivity index (χ0n) is 18.9. The molecule has 1 fully saturated rings. The van der Waals surface area contributed by atoms with E-state index in [1.54, 1.807) is 44.0 Å². The summed E-state index contributed by atoms with van der Waals surface area (Å²) in [7, 11) is 1.56. The standard InChI is InChI=1S/C23H26N4O6/c1-4-31-23(30)15-7-5-9-27(12-15)19(28)13-26(3)22(29)16-11-17(18-8-6-10-32-18)24-21-20(16)14(2)25-33-21/h6,8,10-11,15H,4-5,7,9,12-13H2,1-3H3. The van der Waals surface area contributed by atoms with Gasteiger partial charge in [0, 0.05) is 20.1 Å². The minimum atomic E-state index is -0.367. The predicted molar refractivity (Wildman–Crippen MR) is 117 cm³/mol. The molecule has 2 amide bonds. The smallest absolute Gasteiger partial charge is 0.310 e. The van der Waals surface area contributed by atoms with Gasteiger partial charge in [-0.25, -0.2) is 4.98 Å². The van der Waals surface area contributed by atoms with Crippen molar-refractivity contribution < 1.29 is 28.1 Å². The highest BCUT2D eigenvalue weighted by Gasteiger charge is 2.31. The third-order valence-corrected chi connectivity index (χ3v) is 5.73. The first-order valence-corrected chi connectivity index (χ1v) is 10.9. The maximum atomic E-state index is 13.4. The Kier molecular flexibility index (Phi) is 6.43. The molecule has 1 unspecified atom stereocenters. The average molecular weight is 454 g/mol. The van der Waals surface area contributed by atoms with Crippen LogP contribution in [-0.4, -0.2) is 71.0 Å². The highest BCUT2D eigenvalue weighted by atomic mass is 16.5. The van der Waals surface area contributed by atoms with Gasteiger partial charge in [-0.15, -0.1) is 0 Å². The number of rotatable bonds is 6. The van der Waals surface area contributed by atoms with Crippen molar-refractivity contribution in [3.63, 3.8) is 0 Å². The van der Waals surface area contributed by atoms with E-state index in [1.165, 1.54) is 11.2 Å². The molecule has 1 atom stereocenters. The van der Waals surface area contributed by atoms with Crippen LogP contribution in [0.3, 0.4) is 0 Å². The van der Waals surface area contributed by atoms with Gasteiger partial charge < -0.3 is 23.5 Å². The first kappa shape index (κ1) is 22.5. The van der Waals surface area contributed by atoms with Crippen molar-refractivity contribution in [2.24, 2.45) is 5.92 Å². The normalized spacial score (nSPS) is 16.1. The van der Waals surface area contributed by atoms with Crippen LogP contribution in [0.1, 0.15) is 35.8 Å². The van der Waals surface area contributed by atoms with E-state index in [0.29, 0.717) is 60.6 Å². The summed E-state index contributed by atoms with van der Waals surface area (Å²) in [5.41, 5.74) is 1.50. The van der Waals surface area contributed by atoms with Crippen LogP contribution < -0.4 is 0 Å². The van der Waals surface area contributed by atoms with Crippen LogP contribution in [0.15, 0.2) is 33.4 Å². The van der Waals surface area contributed by atoms with E-state index in [4.69, 9.17) is 13.7 Å². The molecule has 1 aliphatic rings. The molecule has 174 valence electrons. The van der Waals surface area contributed by atoms with Crippen molar-refractivity contribution in [3.8, 4) is 11.5 Å². The van der Waals surface area contributed by atoms with Gasteiger partial charge >= 0.3 is 5.97 Å². The van der Waals surface area contributed by atoms with Gasteiger partial charge in [-0.05, 0) is 44.9 Å². The van der Waals surface area contributed by atoms with Gasteiger partial charge in [0.25, 0.3) is 11.6 Å². The molecule has 4 rings (SSSR count). The molecule has 0 aliphatic carbocycles. The number of aromatic nitrogens is 2. The number of carbonyl (C=O) groups is 3. The molecule has 0 bridgehead atoms. The quantitative estimate of drug-likeness (QED) is 0.522. The van der Waals surface area contributed by atoms with Crippen molar-refractivity contribution in [1.29, 1.82) is 0 Å². The Labute approximate surface area is 190 Å². The van der Waals surface area contributed by atoms with Crippen LogP contribution in [0, 0.1) is 12.8 Å². The van der Waals surface area contributed by atoms with Gasteiger partial charge in [0.15, 0.2) is 5.76 Å². The Hall–Kier alpha value is -3.69. The summed E-state index contributed by atoms with van der Waals surface area (Å²) in [6.07, 6.45) is 2.92. The lowest BCUT2D eigenvalue weighted by Gasteiger charge is -2.32. The highest BCUT2D eigenvalue weighted by molar-refractivity contribution is 6.07. The molecular formula is C23H26N4O6. The fourth-order valence-corrected chi connectivity index (χ4v) is 4.05. The predicted octanol–water partition coefficient (Wildman–Crippen LogP) is 2.66. The van der Waals surface area contributed by atoms with E-state index >= 15 is 0 Å². The second-order valence-corrected chi connectivity index (χ2v) is 8.07. The minimum Gasteiger partial charge on any atom is -0.466 e. The zero-order valence-corrected chi connectivity index (χ0v) is 18.9. The maximum Gasteiger partial charge on any atom is 0.310 e. The maximum absolute atomic E-state index is 13.4. The molecule has 0 N–H and O–H groups in total. The van der Waals surface area contributed by atoms with E-state index in [1.807, 2.05) is 0 Å². The number of likely N-dealkylation sites (tertiary alicyclic amines) is 1. The second kappa shape index (κ2) is 9.43. The lowest BCUT2D eigenvalue weighted by molar-refractivity contribution is -0.151. The molecule has 10 heteroatoms. The number of carbonyl (C=O) groups excluding carboxylic acids is 3. The number of likely N-dealkylation sites (N-methyl/N-ethyl adjacent to an activating group) is 1. The number of amides is 2. The second-order valence-electron chi connectivity index (χ2n) is 8.07. The summed E-state index contributed by atoms with van der Waals surface area (Å²) in [6, 6.07) is 5.07. The van der Waals surface area contributed by atoms with E-state index < -0.39 is 0 Å². The number of hydrogen-bond donors (Lipinski definition) is 0. The summed E-state index contributed by atoms with van der Waals surface area (Å²) in [6.45, 7) is 4.51. The van der Waals surface area contributed by atoms with Crippen LogP contribution in [-0.2, 0) is 14.3 Å². The van der Waals surface area contributed by atoms with Crippen LogP contribution >= 0.6 is 0 Å². The van der Waals surface area contributed by atoms with Gasteiger partial charge in [0.1, 0.15) is 5.69 Å². The van der Waals surface area contributed by atoms with E-state index in [2.05, 4.69) is 10.1 Å². The molecule has 3 aromatic rings. The number of hydrogen-bond acceptors (Lipinski definition) is 8. The molecule has 3 aromatic heterocycles. The molecular weight excluding hydrogens is 428 g/mol. The zero-order chi connectivity index (χ0) is 23.5. The molecule has 1 saturated heterocycles. The number of furan rings is 1. The highest BCUT2D eigenvalue weighted by Crippen LogP contribution is 2.28. The first-order chi connectivity index (χ1) is 15.9. The molecule has 0 spiro atoms. The van der Waals surface area contributed by atoms with Crippen molar-refractivity contribution in [3.05, 3.63) is 35.7 Å². The lowest BCUT2D eigenvalue weighted by atomic mass is 9.98. The average Bonchev–Trinajstić information content (AvgIpc) is 3.48. The van der Waals surface area contributed by atoms with Crippen LogP contribution in [0.25, 0.3) is 22.6 Å². The van der Waals surface area contributed by atoms with Gasteiger partial charge in [-0.3, -0.25) is 14.4 Å². The van der Waals surface area contributed by atoms with Crippen LogP contribution in [0.4, 0.5) is 0 Å². The summed E-state index contributed by atoms with van der Waals surface area (Å²) in [5, 5.41) is 4.43. The first-order valence-electron chi connectivity index (χ1n) is 10.9. The number of piperidine rings is 1. The molecule has 0 saturated carbocycles. The van der Waals surface area contributed by atoms with E-state index in [-0.39, 0.29) is 36.0 Å². The summed E-state index contributed by atoms with van der Waals surface area (Å²) < 4.78 is 15.8. The topological polar surface area (TPSA) is 119 Å². The number of esters is 1. The Morgan fingerprint density at radius 1 is 1.33 bits per heavy atom. The van der Waals surface area contributed by atoms with Gasteiger partial charge in [-0.1, -0.05) is 5.16 Å². The van der Waals surface area contributed by atoms with Crippen LogP contribution in [0.2, 0.25) is 0 Å². The SMILES string of the molecule is CCOC(=O)C1CCCN(C(=O)CN(C)C(=O)c2cc(-c3ccco3)nc3onc(C)c23)C1. The Morgan fingerprint density at radius 2 is 2.15 bits per heavy atom. The Morgan fingerprint density at radius 3 is 2.88 bits per heavy atom. The third kappa shape index (κ3) is 4.59. The Balaban J connectivity index is 1.53. The van der Waals surface area contributed by atoms with Gasteiger partial charge in [0.2, 0.25) is 5.91 Å². The Bertz CT molecular complexity index is 1170. The molecule has 1 aliphatic heterocycles. The lowest BCUT2D eigenvalue weighted by Crippen LogP contribution is -2.47. The van der Waals surface area contributed by atoms with Crippen molar-refractivity contribution in [2.45, 2.75) is 26.7 Å². The van der Waals surface area contributed by atoms with Crippen molar-refractivity contribution >= 4 is 28.9 Å². The fourth-order valence-electron chi connectivity index (χ4n) is 4.05. The largest absolute Gasteiger partial charge is 0.466 e. The van der Waals surface area contributed by atoms with E-state index in [0.717, 1.165) is 0 Å². The van der Waals surface area contributed by atoms with Crippen molar-refractivity contribution in [1.82, 2.24) is 19.9 Å². The number of pyridine rings is 1. The van der Waals surface area contributed by atoms with Gasteiger partial charge in [-0.2, -0.15) is 0 Å². The van der Waals surface area contributed by atoms with Crippen molar-refractivity contribution in [2.75, 3.05) is 33.3 Å².